The molecule has 8 heteroatoms. The van der Waals surface area contributed by atoms with Crippen LogP contribution in [0, 0.1) is 13.8 Å². The average molecular weight is 614 g/mol. The summed E-state index contributed by atoms with van der Waals surface area (Å²) in [4.78, 5) is 33.3. The molecule has 0 atom stereocenters. The minimum Gasteiger partial charge on any atom is -0.460 e. The van der Waals surface area contributed by atoms with Gasteiger partial charge < -0.3 is 15.2 Å². The third-order valence-electron chi connectivity index (χ3n) is 7.46. The van der Waals surface area contributed by atoms with Crippen molar-refractivity contribution in [3.8, 4) is 5.69 Å². The summed E-state index contributed by atoms with van der Waals surface area (Å²) in [5, 5.41) is 0. The molecule has 3 aromatic carbocycles. The molecule has 8 nitrogen and oxygen atoms in total. The Labute approximate surface area is 267 Å². The van der Waals surface area contributed by atoms with Gasteiger partial charge in [0.25, 0.3) is 0 Å². The third-order valence-corrected chi connectivity index (χ3v) is 7.46. The molecule has 0 aliphatic heterocycles. The van der Waals surface area contributed by atoms with Crippen molar-refractivity contribution in [1.82, 2.24) is 4.98 Å². The van der Waals surface area contributed by atoms with Crippen LogP contribution in [0.5, 0.6) is 0 Å². The first-order chi connectivity index (χ1) is 21.2. The van der Waals surface area contributed by atoms with E-state index in [1.54, 1.807) is 4.90 Å². The maximum absolute atomic E-state index is 13.6. The Morgan fingerprint density at radius 1 is 0.800 bits per heavy atom. The molecule has 0 fully saturated rings. The van der Waals surface area contributed by atoms with E-state index in [-0.39, 0.29) is 18.5 Å². The van der Waals surface area contributed by atoms with Crippen molar-refractivity contribution in [2.75, 3.05) is 18.0 Å². The molecule has 4 rings (SSSR count). The summed E-state index contributed by atoms with van der Waals surface area (Å²) in [5.74, 6) is -0.276. The highest BCUT2D eigenvalue weighted by molar-refractivity contribution is 5.93. The lowest BCUT2D eigenvalue weighted by atomic mass is 10.0. The molecule has 2 N–H and O–H groups in total. The highest BCUT2D eigenvalue weighted by atomic mass is 16.6. The lowest BCUT2D eigenvalue weighted by molar-refractivity contribution is -0.538. The smallest absolute Gasteiger partial charge is 0.414 e. The number of nitrogens with zero attached hydrogens (tertiary/aromatic N) is 3. The van der Waals surface area contributed by atoms with E-state index in [4.69, 9.17) is 20.2 Å². The number of carbonyl (C=O) groups excluding carboxylic acids is 2. The maximum Gasteiger partial charge on any atom is 0.414 e. The Kier molecular flexibility index (Phi) is 10.5. The number of para-hydroxylation sites is 1. The van der Waals surface area contributed by atoms with E-state index < -0.39 is 11.2 Å². The average Bonchev–Trinajstić information content (AvgIpc) is 2.93. The van der Waals surface area contributed by atoms with E-state index in [2.05, 4.69) is 16.7 Å². The normalized spacial score (nSPS) is 12.0. The lowest BCUT2D eigenvalue weighted by Gasteiger charge is -2.28. The van der Waals surface area contributed by atoms with E-state index >= 15 is 0 Å². The number of rotatable bonds is 10. The van der Waals surface area contributed by atoms with E-state index in [1.807, 2.05) is 97.9 Å². The number of benzene rings is 3. The summed E-state index contributed by atoms with van der Waals surface area (Å²) in [6.07, 6.45) is 3.56. The molecule has 1 amide bonds. The van der Waals surface area contributed by atoms with Gasteiger partial charge in [-0.1, -0.05) is 31.0 Å². The van der Waals surface area contributed by atoms with Crippen LogP contribution in [0.2, 0.25) is 0 Å². The first-order valence-electron chi connectivity index (χ1n) is 15.9. The number of esters is 1. The van der Waals surface area contributed by atoms with Gasteiger partial charge in [-0.2, -0.15) is 0 Å². The van der Waals surface area contributed by atoms with Crippen LogP contribution in [0.15, 0.2) is 54.6 Å². The standard InChI is InChI=1S/C37H49N4O4/c1-25-20-29-32(22-27(25)23-34(42)44-36(3,4)5)41(28-16-12-11-13-17-28)33-24-31(26(2)21-30(33)39-29)40(19-15-10-9-14-18-38)35(43)45-37(6,7)8/h11-13,16-17,20-22,24H,9-10,14-15,18-19,23,38H2,1-8H3/q+1. The monoisotopic (exact) mass is 613 g/mol. The van der Waals surface area contributed by atoms with Gasteiger partial charge in [-0.15, -0.1) is 4.57 Å². The number of fused-ring (bicyclic) bond motifs is 2. The molecular formula is C37H49N4O4+. The van der Waals surface area contributed by atoms with Crippen molar-refractivity contribution in [2.45, 2.75) is 98.7 Å². The number of hydrogen-bond donors (Lipinski definition) is 1. The quantitative estimate of drug-likeness (QED) is 0.0865. The van der Waals surface area contributed by atoms with Crippen molar-refractivity contribution >= 4 is 39.8 Å². The molecule has 1 aromatic heterocycles. The maximum atomic E-state index is 13.6. The zero-order chi connectivity index (χ0) is 32.9. The number of aromatic nitrogens is 2. The molecule has 0 bridgehead atoms. The van der Waals surface area contributed by atoms with Gasteiger partial charge in [0.15, 0.2) is 0 Å². The summed E-state index contributed by atoms with van der Waals surface area (Å²) in [5.41, 5.74) is 12.3. The van der Waals surface area contributed by atoms with Crippen LogP contribution < -0.4 is 15.2 Å². The zero-order valence-corrected chi connectivity index (χ0v) is 28.2. The van der Waals surface area contributed by atoms with E-state index in [9.17, 15) is 9.59 Å². The molecule has 0 saturated heterocycles. The SMILES string of the molecule is Cc1cc2nc3cc(C)c(N(CCCCCCN)C(=O)OC(C)(C)C)cc3[n+](-c3ccccc3)c2cc1CC(=O)OC(C)(C)C. The van der Waals surface area contributed by atoms with E-state index in [0.29, 0.717) is 13.1 Å². The highest BCUT2D eigenvalue weighted by Gasteiger charge is 2.28. The fraction of sp³-hybridized carbons (Fsp3) is 0.459. The molecule has 0 unspecified atom stereocenters. The number of carbonyl (C=O) groups is 2. The second-order valence-electron chi connectivity index (χ2n) is 13.8. The summed E-state index contributed by atoms with van der Waals surface area (Å²) in [6, 6.07) is 18.2. The number of amides is 1. The van der Waals surface area contributed by atoms with Crippen molar-refractivity contribution in [1.29, 1.82) is 0 Å². The third kappa shape index (κ3) is 8.78. The Hall–Kier alpha value is -4.04. The first-order valence-corrected chi connectivity index (χ1v) is 15.9. The molecule has 45 heavy (non-hydrogen) atoms. The van der Waals surface area contributed by atoms with Crippen molar-refractivity contribution < 1.29 is 23.6 Å². The minimum atomic E-state index is -0.635. The second kappa shape index (κ2) is 13.9. The van der Waals surface area contributed by atoms with Crippen LogP contribution in [-0.4, -0.2) is 41.3 Å². The van der Waals surface area contributed by atoms with Crippen LogP contribution >= 0.6 is 0 Å². The molecule has 0 aliphatic rings. The Morgan fingerprint density at radius 2 is 1.40 bits per heavy atom. The highest BCUT2D eigenvalue weighted by Crippen LogP contribution is 2.30. The zero-order valence-electron chi connectivity index (χ0n) is 28.2. The fourth-order valence-corrected chi connectivity index (χ4v) is 5.46. The molecule has 4 aromatic rings. The summed E-state index contributed by atoms with van der Waals surface area (Å²) in [6.45, 7) is 16.5. The summed E-state index contributed by atoms with van der Waals surface area (Å²) in [7, 11) is 0. The Bertz CT molecular complexity index is 1670. The molecule has 1 heterocycles. The molecule has 0 saturated carbocycles. The first kappa shape index (κ1) is 33.8. The van der Waals surface area contributed by atoms with Gasteiger partial charge in [0, 0.05) is 30.8 Å². The van der Waals surface area contributed by atoms with Gasteiger partial charge in [-0.3, -0.25) is 9.69 Å². The number of aryl methyl sites for hydroxylation is 2. The van der Waals surface area contributed by atoms with Crippen LogP contribution in [0.1, 0.15) is 83.9 Å². The van der Waals surface area contributed by atoms with Crippen molar-refractivity contribution in [3.63, 3.8) is 0 Å². The van der Waals surface area contributed by atoms with Gasteiger partial charge in [-0.25, -0.2) is 9.78 Å². The molecule has 0 radical (unpaired) electrons. The fourth-order valence-electron chi connectivity index (χ4n) is 5.46. The molecular weight excluding hydrogens is 564 g/mol. The Balaban J connectivity index is 1.92. The topological polar surface area (TPSA) is 98.6 Å². The number of anilines is 1. The van der Waals surface area contributed by atoms with E-state index in [1.165, 1.54) is 0 Å². The van der Waals surface area contributed by atoms with Crippen LogP contribution in [0.3, 0.4) is 0 Å². The van der Waals surface area contributed by atoms with Gasteiger partial charge in [0.2, 0.25) is 16.7 Å². The predicted octanol–water partition coefficient (Wildman–Crippen LogP) is 7.43. The van der Waals surface area contributed by atoms with Crippen LogP contribution in [-0.2, 0) is 20.7 Å². The largest absolute Gasteiger partial charge is 0.460 e. The lowest BCUT2D eigenvalue weighted by Crippen LogP contribution is -2.38. The van der Waals surface area contributed by atoms with Crippen molar-refractivity contribution in [2.24, 2.45) is 5.73 Å². The summed E-state index contributed by atoms with van der Waals surface area (Å²) >= 11 is 0. The van der Waals surface area contributed by atoms with E-state index in [0.717, 1.165) is 75.8 Å². The van der Waals surface area contributed by atoms with Gasteiger partial charge in [-0.05, 0) is 104 Å². The summed E-state index contributed by atoms with van der Waals surface area (Å²) < 4.78 is 13.7. The number of nitrogens with two attached hydrogens (primary N) is 1. The van der Waals surface area contributed by atoms with Crippen LogP contribution in [0.4, 0.5) is 10.5 Å². The van der Waals surface area contributed by atoms with Gasteiger partial charge >= 0.3 is 12.1 Å². The van der Waals surface area contributed by atoms with Gasteiger partial charge in [0.05, 0.1) is 12.1 Å². The molecule has 0 aliphatic carbocycles. The van der Waals surface area contributed by atoms with Crippen molar-refractivity contribution in [3.05, 3.63) is 71.3 Å². The van der Waals surface area contributed by atoms with Gasteiger partial charge in [0.1, 0.15) is 22.2 Å². The van der Waals surface area contributed by atoms with Crippen LogP contribution in [0.25, 0.3) is 27.8 Å². The second-order valence-corrected chi connectivity index (χ2v) is 13.8. The molecule has 240 valence electrons. The minimum absolute atomic E-state index is 0.154. The Morgan fingerprint density at radius 3 is 2.02 bits per heavy atom. The molecule has 0 spiro atoms. The predicted molar refractivity (Wildman–Crippen MR) is 181 cm³/mol. The number of ether oxygens (including phenoxy) is 2. The number of unbranched alkanes of at least 4 members (excludes halogenated alkanes) is 3. The number of hydrogen-bond acceptors (Lipinski definition) is 6.